The van der Waals surface area contributed by atoms with Gasteiger partial charge in [-0.1, -0.05) is 28.8 Å². The van der Waals surface area contributed by atoms with Crippen LogP contribution in [0.1, 0.15) is 31.2 Å². The van der Waals surface area contributed by atoms with Gasteiger partial charge in [-0.15, -0.1) is 0 Å². The van der Waals surface area contributed by atoms with Crippen molar-refractivity contribution in [2.45, 2.75) is 32.2 Å². The summed E-state index contributed by atoms with van der Waals surface area (Å²) in [5, 5.41) is 0. The molecule has 2 fully saturated rings. The van der Waals surface area contributed by atoms with Crippen molar-refractivity contribution in [2.24, 2.45) is 5.41 Å². The highest BCUT2D eigenvalue weighted by molar-refractivity contribution is 9.10. The molecule has 0 aromatic heterocycles. The summed E-state index contributed by atoms with van der Waals surface area (Å²) < 4.78 is 14.6. The van der Waals surface area contributed by atoms with Gasteiger partial charge in [0.15, 0.2) is 0 Å². The molecule has 92 valence electrons. The largest absolute Gasteiger partial charge is 0.298 e. The Hall–Kier alpha value is -0.410. The fourth-order valence-electron chi connectivity index (χ4n) is 3.36. The van der Waals surface area contributed by atoms with Crippen molar-refractivity contribution in [2.75, 3.05) is 13.1 Å². The van der Waals surface area contributed by atoms with Crippen LogP contribution < -0.4 is 0 Å². The van der Waals surface area contributed by atoms with E-state index in [1.54, 1.807) is 12.1 Å². The molecule has 0 N–H and O–H groups in total. The molecule has 0 unspecified atom stereocenters. The summed E-state index contributed by atoms with van der Waals surface area (Å²) in [5.74, 6) is -0.0828. The normalized spacial score (nSPS) is 22.9. The lowest BCUT2D eigenvalue weighted by Gasteiger charge is -2.48. The van der Waals surface area contributed by atoms with Crippen LogP contribution in [0.2, 0.25) is 0 Å². The lowest BCUT2D eigenvalue weighted by Crippen LogP contribution is -2.54. The van der Waals surface area contributed by atoms with Crippen molar-refractivity contribution in [1.29, 1.82) is 0 Å². The highest BCUT2D eigenvalue weighted by Crippen LogP contribution is 2.45. The molecular weight excluding hydrogens is 281 g/mol. The van der Waals surface area contributed by atoms with Crippen LogP contribution in [0.3, 0.4) is 0 Å². The Bertz CT molecular complexity index is 418. The van der Waals surface area contributed by atoms with Crippen LogP contribution in [0.5, 0.6) is 0 Å². The van der Waals surface area contributed by atoms with Gasteiger partial charge in [-0.3, -0.25) is 4.90 Å². The Kier molecular flexibility index (Phi) is 2.99. The van der Waals surface area contributed by atoms with Gasteiger partial charge in [0.25, 0.3) is 0 Å². The Morgan fingerprint density at radius 3 is 2.65 bits per heavy atom. The molecule has 0 radical (unpaired) electrons. The van der Waals surface area contributed by atoms with Gasteiger partial charge in [-0.2, -0.15) is 0 Å². The number of hydrogen-bond donors (Lipinski definition) is 0. The highest BCUT2D eigenvalue weighted by Gasteiger charge is 2.44. The van der Waals surface area contributed by atoms with Crippen LogP contribution in [0.4, 0.5) is 4.39 Å². The molecule has 3 rings (SSSR count). The van der Waals surface area contributed by atoms with Gasteiger partial charge in [0.2, 0.25) is 0 Å². The first-order chi connectivity index (χ1) is 8.17. The summed E-state index contributed by atoms with van der Waals surface area (Å²) in [6.07, 6.45) is 5.53. The lowest BCUT2D eigenvalue weighted by molar-refractivity contribution is -0.000955. The van der Waals surface area contributed by atoms with Gasteiger partial charge in [-0.25, -0.2) is 4.39 Å². The molecule has 1 saturated heterocycles. The van der Waals surface area contributed by atoms with E-state index in [1.807, 2.05) is 6.07 Å². The van der Waals surface area contributed by atoms with Crippen molar-refractivity contribution in [3.05, 3.63) is 34.1 Å². The number of benzene rings is 1. The smallest absolute Gasteiger partial charge is 0.127 e. The minimum absolute atomic E-state index is 0.0828. The van der Waals surface area contributed by atoms with E-state index in [0.717, 1.165) is 16.6 Å². The number of nitrogens with zero attached hydrogens (tertiary/aromatic N) is 1. The Morgan fingerprint density at radius 2 is 1.94 bits per heavy atom. The SMILES string of the molecule is Fc1ccc(Br)cc1CN1CC2(CCCC2)C1. The molecule has 17 heavy (non-hydrogen) atoms. The summed E-state index contributed by atoms with van der Waals surface area (Å²) in [7, 11) is 0. The topological polar surface area (TPSA) is 3.24 Å². The average Bonchev–Trinajstić information content (AvgIpc) is 2.72. The van der Waals surface area contributed by atoms with Crippen LogP contribution in [-0.2, 0) is 6.54 Å². The maximum Gasteiger partial charge on any atom is 0.127 e. The van der Waals surface area contributed by atoms with E-state index < -0.39 is 0 Å². The van der Waals surface area contributed by atoms with Gasteiger partial charge in [0.1, 0.15) is 5.82 Å². The maximum atomic E-state index is 13.6. The van der Waals surface area contributed by atoms with Crippen LogP contribution >= 0.6 is 15.9 Å². The van der Waals surface area contributed by atoms with E-state index >= 15 is 0 Å². The fraction of sp³-hybridized carbons (Fsp3) is 0.571. The molecule has 1 aliphatic heterocycles. The van der Waals surface area contributed by atoms with Crippen molar-refractivity contribution < 1.29 is 4.39 Å². The molecule has 1 aliphatic carbocycles. The lowest BCUT2D eigenvalue weighted by atomic mass is 9.78. The van der Waals surface area contributed by atoms with E-state index in [9.17, 15) is 4.39 Å². The summed E-state index contributed by atoms with van der Waals surface area (Å²) in [6, 6.07) is 5.20. The van der Waals surface area contributed by atoms with Crippen molar-refractivity contribution in [3.63, 3.8) is 0 Å². The second-order valence-electron chi connectivity index (χ2n) is 5.59. The first-order valence-corrected chi connectivity index (χ1v) is 7.13. The Balaban J connectivity index is 1.63. The Labute approximate surface area is 110 Å². The predicted molar refractivity (Wildman–Crippen MR) is 70.3 cm³/mol. The summed E-state index contributed by atoms with van der Waals surface area (Å²) in [6.45, 7) is 3.09. The molecule has 1 saturated carbocycles. The molecule has 0 amide bonds. The van der Waals surface area contributed by atoms with Crippen LogP contribution in [0.25, 0.3) is 0 Å². The fourth-order valence-corrected chi connectivity index (χ4v) is 3.77. The summed E-state index contributed by atoms with van der Waals surface area (Å²) in [4.78, 5) is 2.37. The van der Waals surface area contributed by atoms with Gasteiger partial charge >= 0.3 is 0 Å². The molecule has 0 bridgehead atoms. The first kappa shape index (κ1) is 11.7. The summed E-state index contributed by atoms with van der Waals surface area (Å²) >= 11 is 3.40. The molecule has 1 nitrogen and oxygen atoms in total. The number of rotatable bonds is 2. The third-order valence-corrected chi connectivity index (χ3v) is 4.68. The van der Waals surface area contributed by atoms with E-state index in [4.69, 9.17) is 0 Å². The molecule has 0 atom stereocenters. The monoisotopic (exact) mass is 297 g/mol. The average molecular weight is 298 g/mol. The molecule has 1 aromatic carbocycles. The maximum absolute atomic E-state index is 13.6. The number of hydrogen-bond acceptors (Lipinski definition) is 1. The van der Waals surface area contributed by atoms with E-state index in [2.05, 4.69) is 20.8 Å². The van der Waals surface area contributed by atoms with E-state index in [-0.39, 0.29) is 5.82 Å². The standard InChI is InChI=1S/C14H17BrFN/c15-12-3-4-13(16)11(7-12)8-17-9-14(10-17)5-1-2-6-14/h3-4,7H,1-2,5-6,8-10H2. The van der Waals surface area contributed by atoms with Gasteiger partial charge < -0.3 is 0 Å². The highest BCUT2D eigenvalue weighted by atomic mass is 79.9. The van der Waals surface area contributed by atoms with Gasteiger partial charge in [0.05, 0.1) is 0 Å². The third kappa shape index (κ3) is 2.27. The van der Waals surface area contributed by atoms with E-state index in [0.29, 0.717) is 5.41 Å². The molecular formula is C14H17BrFN. The minimum atomic E-state index is -0.0828. The summed E-state index contributed by atoms with van der Waals surface area (Å²) in [5.41, 5.74) is 1.41. The zero-order valence-electron chi connectivity index (χ0n) is 9.88. The molecule has 3 heteroatoms. The second-order valence-corrected chi connectivity index (χ2v) is 6.50. The second kappa shape index (κ2) is 4.36. The van der Waals surface area contributed by atoms with Crippen LogP contribution in [-0.4, -0.2) is 18.0 Å². The molecule has 1 heterocycles. The van der Waals surface area contributed by atoms with Crippen LogP contribution in [0.15, 0.2) is 22.7 Å². The Morgan fingerprint density at radius 1 is 1.24 bits per heavy atom. The zero-order chi connectivity index (χ0) is 11.9. The van der Waals surface area contributed by atoms with Gasteiger partial charge in [-0.05, 0) is 36.5 Å². The number of halogens is 2. The quantitative estimate of drug-likeness (QED) is 0.798. The predicted octanol–water partition coefficient (Wildman–Crippen LogP) is 3.96. The van der Waals surface area contributed by atoms with Crippen molar-refractivity contribution in [1.82, 2.24) is 4.90 Å². The molecule has 2 aliphatic rings. The molecule has 1 spiro atoms. The first-order valence-electron chi connectivity index (χ1n) is 6.33. The third-order valence-electron chi connectivity index (χ3n) is 4.18. The van der Waals surface area contributed by atoms with Crippen molar-refractivity contribution >= 4 is 15.9 Å². The number of likely N-dealkylation sites (tertiary alicyclic amines) is 1. The van der Waals surface area contributed by atoms with Gasteiger partial charge in [0, 0.05) is 29.7 Å². The van der Waals surface area contributed by atoms with Crippen molar-refractivity contribution in [3.8, 4) is 0 Å². The zero-order valence-corrected chi connectivity index (χ0v) is 11.5. The minimum Gasteiger partial charge on any atom is -0.298 e. The molecule has 1 aromatic rings. The van der Waals surface area contributed by atoms with E-state index in [1.165, 1.54) is 38.8 Å². The van der Waals surface area contributed by atoms with Crippen LogP contribution in [0, 0.1) is 11.2 Å².